The minimum absolute atomic E-state index is 0.129. The van der Waals surface area contributed by atoms with Crippen molar-refractivity contribution in [3.8, 4) is 0 Å². The monoisotopic (exact) mass is 366 g/mol. The van der Waals surface area contributed by atoms with Gasteiger partial charge in [-0.2, -0.15) is 5.10 Å². The van der Waals surface area contributed by atoms with Crippen LogP contribution >= 0.6 is 15.9 Å². The molecule has 108 valence electrons. The zero-order valence-corrected chi connectivity index (χ0v) is 13.1. The van der Waals surface area contributed by atoms with E-state index in [2.05, 4.69) is 30.8 Å². The molecule has 0 spiro atoms. The maximum Gasteiger partial charge on any atom is 0.261 e. The van der Waals surface area contributed by atoms with Gasteiger partial charge in [0.05, 0.1) is 22.3 Å². The zero-order chi connectivity index (χ0) is 15.0. The number of sulfonamides is 1. The highest BCUT2D eigenvalue weighted by Crippen LogP contribution is 2.27. The van der Waals surface area contributed by atoms with Crippen molar-refractivity contribution in [3.63, 3.8) is 0 Å². The molecular weight excluding hydrogens is 356 g/mol. The highest BCUT2D eigenvalue weighted by molar-refractivity contribution is 9.10. The summed E-state index contributed by atoms with van der Waals surface area (Å²) in [5, 5.41) is 7.40. The van der Waals surface area contributed by atoms with Crippen LogP contribution in [0.15, 0.2) is 52.0 Å². The first kappa shape index (κ1) is 13.9. The molecule has 0 saturated heterocycles. The van der Waals surface area contributed by atoms with Crippen molar-refractivity contribution in [2.75, 3.05) is 10.5 Å². The van der Waals surface area contributed by atoms with Crippen molar-refractivity contribution in [1.29, 1.82) is 0 Å². The Kier molecular flexibility index (Phi) is 3.34. The Balaban J connectivity index is 2.03. The van der Waals surface area contributed by atoms with Gasteiger partial charge >= 0.3 is 0 Å². The van der Waals surface area contributed by atoms with Crippen LogP contribution in [0, 0.1) is 0 Å². The van der Waals surface area contributed by atoms with E-state index in [1.807, 2.05) is 6.07 Å². The lowest BCUT2D eigenvalue weighted by Gasteiger charge is -2.10. The Morgan fingerprint density at radius 3 is 2.81 bits per heavy atom. The number of nitrogen functional groups attached to an aromatic ring is 1. The smallest absolute Gasteiger partial charge is 0.261 e. The molecule has 8 heteroatoms. The molecule has 0 fully saturated rings. The molecule has 1 aromatic heterocycles. The molecule has 3 rings (SSSR count). The van der Waals surface area contributed by atoms with Crippen LogP contribution in [0.1, 0.15) is 0 Å². The number of anilines is 2. The summed E-state index contributed by atoms with van der Waals surface area (Å²) in [7, 11) is -3.70. The van der Waals surface area contributed by atoms with Crippen LogP contribution in [-0.4, -0.2) is 18.6 Å². The van der Waals surface area contributed by atoms with Crippen LogP contribution in [0.25, 0.3) is 10.9 Å². The van der Waals surface area contributed by atoms with E-state index in [1.54, 1.807) is 18.3 Å². The van der Waals surface area contributed by atoms with E-state index in [-0.39, 0.29) is 4.90 Å². The number of benzene rings is 2. The number of hydrogen-bond donors (Lipinski definition) is 3. The van der Waals surface area contributed by atoms with Gasteiger partial charge in [-0.1, -0.05) is 6.07 Å². The van der Waals surface area contributed by atoms with Crippen LogP contribution in [0.4, 0.5) is 11.4 Å². The third-order valence-electron chi connectivity index (χ3n) is 3.01. The first-order valence-electron chi connectivity index (χ1n) is 5.97. The minimum atomic E-state index is -3.70. The number of H-pyrrole nitrogens is 1. The fourth-order valence-electron chi connectivity index (χ4n) is 1.94. The largest absolute Gasteiger partial charge is 0.398 e. The molecule has 0 amide bonds. The summed E-state index contributed by atoms with van der Waals surface area (Å²) in [4.78, 5) is 0.129. The number of fused-ring (bicyclic) bond motifs is 1. The van der Waals surface area contributed by atoms with Gasteiger partial charge in [-0.15, -0.1) is 0 Å². The fourth-order valence-corrected chi connectivity index (χ4v) is 3.57. The summed E-state index contributed by atoms with van der Waals surface area (Å²) in [6, 6.07) is 9.71. The quantitative estimate of drug-likeness (QED) is 0.620. The van der Waals surface area contributed by atoms with E-state index in [4.69, 9.17) is 5.73 Å². The zero-order valence-electron chi connectivity index (χ0n) is 10.7. The summed E-state index contributed by atoms with van der Waals surface area (Å²) < 4.78 is 27.9. The van der Waals surface area contributed by atoms with Crippen LogP contribution in [-0.2, 0) is 10.0 Å². The number of rotatable bonds is 3. The molecule has 1 heterocycles. The van der Waals surface area contributed by atoms with Crippen molar-refractivity contribution in [2.45, 2.75) is 4.90 Å². The third-order valence-corrected chi connectivity index (χ3v) is 5.06. The number of nitrogens with zero attached hydrogens (tertiary/aromatic N) is 1. The Morgan fingerprint density at radius 2 is 2.05 bits per heavy atom. The Hall–Kier alpha value is -2.06. The average Bonchev–Trinajstić information content (AvgIpc) is 2.91. The summed E-state index contributed by atoms with van der Waals surface area (Å²) in [5.41, 5.74) is 7.37. The molecule has 2 aromatic carbocycles. The van der Waals surface area contributed by atoms with Crippen molar-refractivity contribution in [1.82, 2.24) is 10.2 Å². The lowest BCUT2D eigenvalue weighted by Crippen LogP contribution is -2.13. The third kappa shape index (κ3) is 2.59. The summed E-state index contributed by atoms with van der Waals surface area (Å²) in [6.45, 7) is 0. The molecule has 0 saturated carbocycles. The molecule has 3 aromatic rings. The molecule has 0 aliphatic heterocycles. The molecule has 0 bridgehead atoms. The molecule has 21 heavy (non-hydrogen) atoms. The van der Waals surface area contributed by atoms with Gasteiger partial charge in [-0.25, -0.2) is 8.42 Å². The van der Waals surface area contributed by atoms with Crippen molar-refractivity contribution >= 4 is 48.2 Å². The van der Waals surface area contributed by atoms with Crippen molar-refractivity contribution in [3.05, 3.63) is 47.1 Å². The lowest BCUT2D eigenvalue weighted by molar-refractivity contribution is 0.601. The number of nitrogens with one attached hydrogen (secondary N) is 2. The van der Waals surface area contributed by atoms with E-state index < -0.39 is 10.0 Å². The molecular formula is C13H11BrN4O2S. The van der Waals surface area contributed by atoms with E-state index in [9.17, 15) is 8.42 Å². The lowest BCUT2D eigenvalue weighted by atomic mass is 10.2. The number of aromatic amines is 1. The van der Waals surface area contributed by atoms with Crippen LogP contribution in [0.3, 0.4) is 0 Å². The molecule has 0 atom stereocenters. The normalized spacial score (nSPS) is 11.7. The Morgan fingerprint density at radius 1 is 1.24 bits per heavy atom. The predicted octanol–water partition coefficient (Wildman–Crippen LogP) is 2.71. The van der Waals surface area contributed by atoms with Gasteiger partial charge in [0.15, 0.2) is 0 Å². The van der Waals surface area contributed by atoms with Crippen molar-refractivity contribution in [2.24, 2.45) is 0 Å². The molecule has 0 aliphatic rings. The number of aromatic nitrogens is 2. The van der Waals surface area contributed by atoms with Crippen molar-refractivity contribution < 1.29 is 8.42 Å². The highest BCUT2D eigenvalue weighted by atomic mass is 79.9. The standard InChI is InChI=1S/C13H11BrN4O2S/c14-10-6-8(4-5-11(10)15)21(19,20)18-13-3-1-2-12-9(13)7-16-17-12/h1-7,18H,15H2,(H,16,17). The van der Waals surface area contributed by atoms with Crippen LogP contribution < -0.4 is 10.5 Å². The van der Waals surface area contributed by atoms with E-state index >= 15 is 0 Å². The van der Waals surface area contributed by atoms with E-state index in [0.29, 0.717) is 21.2 Å². The second-order valence-electron chi connectivity index (χ2n) is 4.43. The second kappa shape index (κ2) is 5.05. The van der Waals surface area contributed by atoms with Crippen LogP contribution in [0.5, 0.6) is 0 Å². The number of nitrogens with two attached hydrogens (primary N) is 1. The maximum absolute atomic E-state index is 12.4. The summed E-state index contributed by atoms with van der Waals surface area (Å²) >= 11 is 3.23. The molecule has 0 aliphatic carbocycles. The molecule has 0 unspecified atom stereocenters. The molecule has 0 radical (unpaired) electrons. The maximum atomic E-state index is 12.4. The fraction of sp³-hybridized carbons (Fsp3) is 0. The van der Waals surface area contributed by atoms with Gasteiger partial charge in [-0.05, 0) is 46.3 Å². The number of hydrogen-bond acceptors (Lipinski definition) is 4. The summed E-state index contributed by atoms with van der Waals surface area (Å²) in [5.74, 6) is 0. The second-order valence-corrected chi connectivity index (χ2v) is 6.96. The van der Waals surface area contributed by atoms with Crippen LogP contribution in [0.2, 0.25) is 0 Å². The van der Waals surface area contributed by atoms with E-state index in [1.165, 1.54) is 18.2 Å². The topological polar surface area (TPSA) is 101 Å². The first-order chi connectivity index (χ1) is 9.97. The molecule has 6 nitrogen and oxygen atoms in total. The van der Waals surface area contributed by atoms with Gasteiger partial charge in [0.25, 0.3) is 10.0 Å². The Bertz CT molecular complexity index is 921. The Labute approximate surface area is 129 Å². The minimum Gasteiger partial charge on any atom is -0.398 e. The van der Waals surface area contributed by atoms with Gasteiger partial charge in [-0.3, -0.25) is 9.82 Å². The predicted molar refractivity (Wildman–Crippen MR) is 85.5 cm³/mol. The average molecular weight is 367 g/mol. The van der Waals surface area contributed by atoms with Gasteiger partial charge in [0.1, 0.15) is 0 Å². The van der Waals surface area contributed by atoms with Gasteiger partial charge < -0.3 is 5.73 Å². The van der Waals surface area contributed by atoms with Gasteiger partial charge in [0, 0.05) is 15.5 Å². The summed E-state index contributed by atoms with van der Waals surface area (Å²) in [6.07, 6.45) is 1.58. The highest BCUT2D eigenvalue weighted by Gasteiger charge is 2.16. The first-order valence-corrected chi connectivity index (χ1v) is 8.25. The van der Waals surface area contributed by atoms with Gasteiger partial charge in [0.2, 0.25) is 0 Å². The molecule has 4 N–H and O–H groups in total. The SMILES string of the molecule is Nc1ccc(S(=O)(=O)Nc2cccc3[nH]ncc23)cc1Br. The number of halogens is 1. The van der Waals surface area contributed by atoms with E-state index in [0.717, 1.165) is 5.52 Å².